The molecule has 1 aromatic heterocycles. The van der Waals surface area contributed by atoms with Crippen LogP contribution in [0.2, 0.25) is 0 Å². The Morgan fingerprint density at radius 2 is 2.10 bits per heavy atom. The van der Waals surface area contributed by atoms with Crippen molar-refractivity contribution in [1.29, 1.82) is 0 Å². The third kappa shape index (κ3) is 3.11. The molecule has 108 valence electrons. The van der Waals surface area contributed by atoms with Gasteiger partial charge in [0.1, 0.15) is 0 Å². The van der Waals surface area contributed by atoms with Crippen molar-refractivity contribution in [2.75, 3.05) is 7.11 Å². The molecule has 0 N–H and O–H groups in total. The molecule has 0 aliphatic carbocycles. The highest BCUT2D eigenvalue weighted by molar-refractivity contribution is 5.86. The predicted octanol–water partition coefficient (Wildman–Crippen LogP) is 2.27. The second-order valence-corrected chi connectivity index (χ2v) is 4.01. The number of rotatable bonds is 4. The van der Waals surface area contributed by atoms with E-state index in [0.717, 1.165) is 0 Å². The van der Waals surface area contributed by atoms with E-state index >= 15 is 0 Å². The Morgan fingerprint density at radius 3 is 2.76 bits per heavy atom. The Balaban J connectivity index is 2.37. The lowest BCUT2D eigenvalue weighted by Gasteiger charge is -2.07. The molecule has 0 aliphatic heterocycles. The lowest BCUT2D eigenvalue weighted by molar-refractivity contribution is -0.386. The van der Waals surface area contributed by atoms with Gasteiger partial charge in [-0.25, -0.2) is 9.78 Å². The zero-order valence-corrected chi connectivity index (χ0v) is 11.3. The van der Waals surface area contributed by atoms with Crippen molar-refractivity contribution in [2.24, 2.45) is 0 Å². The molecule has 0 bridgehead atoms. The van der Waals surface area contributed by atoms with Crippen LogP contribution in [-0.4, -0.2) is 28.0 Å². The maximum atomic E-state index is 11.4. The smallest absolute Gasteiger partial charge is 0.358 e. The van der Waals surface area contributed by atoms with E-state index < -0.39 is 10.9 Å². The van der Waals surface area contributed by atoms with Crippen LogP contribution in [0.25, 0.3) is 0 Å². The largest absolute Gasteiger partial charge is 0.464 e. The van der Waals surface area contributed by atoms with Gasteiger partial charge in [-0.15, -0.1) is 0 Å². The number of hydrogen-bond donors (Lipinski definition) is 0. The van der Waals surface area contributed by atoms with Crippen LogP contribution in [-0.2, 0) is 4.74 Å². The summed E-state index contributed by atoms with van der Waals surface area (Å²) in [6.07, 6.45) is 2.46. The van der Waals surface area contributed by atoms with Crippen molar-refractivity contribution in [3.8, 4) is 11.6 Å². The fourth-order valence-electron chi connectivity index (χ4n) is 1.66. The van der Waals surface area contributed by atoms with E-state index in [-0.39, 0.29) is 23.0 Å². The number of hydrogen-bond acceptors (Lipinski definition) is 7. The van der Waals surface area contributed by atoms with Crippen LogP contribution >= 0.6 is 0 Å². The first-order chi connectivity index (χ1) is 10.0. The molecule has 1 heterocycles. The molecule has 21 heavy (non-hydrogen) atoms. The number of aryl methyl sites for hydroxylation is 1. The van der Waals surface area contributed by atoms with E-state index in [1.54, 1.807) is 19.1 Å². The van der Waals surface area contributed by atoms with Gasteiger partial charge in [0.15, 0.2) is 5.69 Å². The molecule has 2 rings (SSSR count). The molecular weight excluding hydrogens is 278 g/mol. The van der Waals surface area contributed by atoms with Crippen LogP contribution in [0.15, 0.2) is 30.6 Å². The van der Waals surface area contributed by atoms with E-state index in [1.165, 1.54) is 25.6 Å². The zero-order chi connectivity index (χ0) is 15.4. The number of benzene rings is 1. The molecule has 0 unspecified atom stereocenters. The van der Waals surface area contributed by atoms with E-state index in [0.29, 0.717) is 5.56 Å². The van der Waals surface area contributed by atoms with Crippen LogP contribution in [0.5, 0.6) is 11.6 Å². The molecule has 0 radical (unpaired) electrons. The lowest BCUT2D eigenvalue weighted by Crippen LogP contribution is -2.06. The van der Waals surface area contributed by atoms with Crippen molar-refractivity contribution < 1.29 is 19.2 Å². The highest BCUT2D eigenvalue weighted by atomic mass is 16.6. The predicted molar refractivity (Wildman–Crippen MR) is 71.3 cm³/mol. The second kappa shape index (κ2) is 5.95. The molecule has 0 fully saturated rings. The minimum Gasteiger partial charge on any atom is -0.464 e. The van der Waals surface area contributed by atoms with Crippen molar-refractivity contribution in [2.45, 2.75) is 6.92 Å². The van der Waals surface area contributed by atoms with Gasteiger partial charge in [-0.2, -0.15) is 0 Å². The normalized spacial score (nSPS) is 10.0. The fourth-order valence-corrected chi connectivity index (χ4v) is 1.66. The number of ether oxygens (including phenoxy) is 2. The van der Waals surface area contributed by atoms with Gasteiger partial charge in [0, 0.05) is 5.56 Å². The standard InChI is InChI=1S/C13H11N3O5/c1-8-4-3-5-10(12(8)16(18)19)21-11-7-14-6-9(15-11)13(17)20-2/h3-7H,1-2H3. The Hall–Kier alpha value is -3.03. The summed E-state index contributed by atoms with van der Waals surface area (Å²) < 4.78 is 9.88. The highest BCUT2D eigenvalue weighted by Crippen LogP contribution is 2.32. The molecule has 0 amide bonds. The first-order valence-electron chi connectivity index (χ1n) is 5.85. The first kappa shape index (κ1) is 14.4. The summed E-state index contributed by atoms with van der Waals surface area (Å²) in [7, 11) is 1.21. The number of aromatic nitrogens is 2. The minimum absolute atomic E-state index is 0.0244. The third-order valence-electron chi connectivity index (χ3n) is 2.60. The van der Waals surface area contributed by atoms with Crippen LogP contribution in [0.1, 0.15) is 16.1 Å². The SMILES string of the molecule is COC(=O)c1cncc(Oc2cccc(C)c2[N+](=O)[O-])n1. The molecular formula is C13H11N3O5. The van der Waals surface area contributed by atoms with Crippen molar-refractivity contribution in [3.63, 3.8) is 0 Å². The fraction of sp³-hybridized carbons (Fsp3) is 0.154. The Labute approximate surface area is 119 Å². The summed E-state index contributed by atoms with van der Waals surface area (Å²) in [6.45, 7) is 1.60. The maximum absolute atomic E-state index is 11.4. The molecule has 0 saturated heterocycles. The van der Waals surface area contributed by atoms with Gasteiger partial charge in [0.05, 0.1) is 24.4 Å². The quantitative estimate of drug-likeness (QED) is 0.483. The Kier molecular flexibility index (Phi) is 4.07. The van der Waals surface area contributed by atoms with Crippen LogP contribution < -0.4 is 4.74 Å². The van der Waals surface area contributed by atoms with Gasteiger partial charge < -0.3 is 9.47 Å². The van der Waals surface area contributed by atoms with Gasteiger partial charge in [0.2, 0.25) is 11.6 Å². The van der Waals surface area contributed by atoms with Gasteiger partial charge in [-0.3, -0.25) is 15.1 Å². The van der Waals surface area contributed by atoms with E-state index in [2.05, 4.69) is 14.7 Å². The summed E-state index contributed by atoms with van der Waals surface area (Å²) in [5.74, 6) is -0.686. The minimum atomic E-state index is -0.674. The summed E-state index contributed by atoms with van der Waals surface area (Å²) >= 11 is 0. The second-order valence-electron chi connectivity index (χ2n) is 4.01. The molecule has 0 atom stereocenters. The number of carbonyl (C=O) groups excluding carboxylic acids is 1. The van der Waals surface area contributed by atoms with Crippen molar-refractivity contribution in [3.05, 3.63) is 52.0 Å². The number of nitro groups is 1. The molecule has 0 saturated carbocycles. The zero-order valence-electron chi connectivity index (χ0n) is 11.3. The number of carbonyl (C=O) groups is 1. The van der Waals surface area contributed by atoms with Gasteiger partial charge >= 0.3 is 11.7 Å². The van der Waals surface area contributed by atoms with Crippen molar-refractivity contribution >= 4 is 11.7 Å². The summed E-state index contributed by atoms with van der Waals surface area (Å²) in [6, 6.07) is 4.66. The highest BCUT2D eigenvalue weighted by Gasteiger charge is 2.19. The van der Waals surface area contributed by atoms with Crippen LogP contribution in [0.3, 0.4) is 0 Å². The van der Waals surface area contributed by atoms with Gasteiger partial charge in [-0.05, 0) is 13.0 Å². The number of esters is 1. The average molecular weight is 289 g/mol. The number of para-hydroxylation sites is 1. The lowest BCUT2D eigenvalue weighted by atomic mass is 10.2. The van der Waals surface area contributed by atoms with Crippen molar-refractivity contribution in [1.82, 2.24) is 9.97 Å². The van der Waals surface area contributed by atoms with Crippen LogP contribution in [0, 0.1) is 17.0 Å². The van der Waals surface area contributed by atoms with Gasteiger partial charge in [-0.1, -0.05) is 12.1 Å². The number of methoxy groups -OCH3 is 1. The van der Waals surface area contributed by atoms with Crippen LogP contribution in [0.4, 0.5) is 5.69 Å². The molecule has 8 nitrogen and oxygen atoms in total. The first-order valence-corrected chi connectivity index (χ1v) is 5.85. The Morgan fingerprint density at radius 1 is 1.33 bits per heavy atom. The van der Waals surface area contributed by atoms with E-state index in [1.807, 2.05) is 0 Å². The average Bonchev–Trinajstić information content (AvgIpc) is 2.46. The molecule has 1 aromatic carbocycles. The topological polar surface area (TPSA) is 104 Å². The maximum Gasteiger partial charge on any atom is 0.358 e. The Bertz CT molecular complexity index is 702. The van der Waals surface area contributed by atoms with E-state index in [9.17, 15) is 14.9 Å². The monoisotopic (exact) mass is 289 g/mol. The summed E-state index contributed by atoms with van der Waals surface area (Å²) in [4.78, 5) is 29.6. The summed E-state index contributed by atoms with van der Waals surface area (Å²) in [5.41, 5.74) is 0.239. The summed E-state index contributed by atoms with van der Waals surface area (Å²) in [5, 5.41) is 11.1. The van der Waals surface area contributed by atoms with Gasteiger partial charge in [0.25, 0.3) is 0 Å². The molecule has 0 spiro atoms. The molecule has 2 aromatic rings. The number of nitro benzene ring substituents is 1. The van der Waals surface area contributed by atoms with E-state index in [4.69, 9.17) is 4.74 Å². The number of nitrogens with zero attached hydrogens (tertiary/aromatic N) is 3. The molecule has 8 heteroatoms. The third-order valence-corrected chi connectivity index (χ3v) is 2.60. The molecule has 0 aliphatic rings.